The third-order valence-electron chi connectivity index (χ3n) is 5.05. The normalized spacial score (nSPS) is 15.7. The standard InChI is InChI=1S/C21H24N4O2S2/c26-29(27,25-13-3-1-2-4-14-25)19-7-5-17(6-8-19)15-23-21-24-20(16-28-21)18-9-11-22-12-10-18/h5-12,16H,1-4,13-15H2,(H,23,24). The average molecular weight is 429 g/mol. The number of anilines is 1. The van der Waals surface area contributed by atoms with E-state index in [9.17, 15) is 8.42 Å². The predicted octanol–water partition coefficient (Wildman–Crippen LogP) is 4.38. The summed E-state index contributed by atoms with van der Waals surface area (Å²) in [6.45, 7) is 1.83. The van der Waals surface area contributed by atoms with Crippen molar-refractivity contribution in [3.63, 3.8) is 0 Å². The second kappa shape index (κ2) is 9.02. The van der Waals surface area contributed by atoms with Crippen LogP contribution in [-0.2, 0) is 16.6 Å². The van der Waals surface area contributed by atoms with Crippen LogP contribution in [0.15, 0.2) is 59.1 Å². The summed E-state index contributed by atoms with van der Waals surface area (Å²) in [5.41, 5.74) is 2.96. The van der Waals surface area contributed by atoms with E-state index >= 15 is 0 Å². The molecule has 1 fully saturated rings. The van der Waals surface area contributed by atoms with Crippen LogP contribution in [0.2, 0.25) is 0 Å². The van der Waals surface area contributed by atoms with Crippen LogP contribution in [0, 0.1) is 0 Å². The molecule has 152 valence electrons. The first-order valence-corrected chi connectivity index (χ1v) is 12.1. The quantitative estimate of drug-likeness (QED) is 0.630. The van der Waals surface area contributed by atoms with Crippen molar-refractivity contribution in [2.45, 2.75) is 37.1 Å². The lowest BCUT2D eigenvalue weighted by Crippen LogP contribution is -2.31. The Hall–Kier alpha value is -2.29. The van der Waals surface area contributed by atoms with E-state index in [1.807, 2.05) is 29.6 Å². The Bertz CT molecular complexity index is 1030. The summed E-state index contributed by atoms with van der Waals surface area (Å²) in [5, 5.41) is 6.15. The molecule has 0 atom stereocenters. The van der Waals surface area contributed by atoms with Crippen LogP contribution in [0.25, 0.3) is 11.3 Å². The summed E-state index contributed by atoms with van der Waals surface area (Å²) in [4.78, 5) is 9.00. The lowest BCUT2D eigenvalue weighted by Gasteiger charge is -2.20. The third kappa shape index (κ3) is 4.83. The van der Waals surface area contributed by atoms with Gasteiger partial charge in [-0.15, -0.1) is 11.3 Å². The van der Waals surface area contributed by atoms with Crippen molar-refractivity contribution >= 4 is 26.5 Å². The van der Waals surface area contributed by atoms with Gasteiger partial charge < -0.3 is 5.32 Å². The van der Waals surface area contributed by atoms with Gasteiger partial charge in [0.1, 0.15) is 0 Å². The van der Waals surface area contributed by atoms with Crippen molar-refractivity contribution < 1.29 is 8.42 Å². The van der Waals surface area contributed by atoms with E-state index in [1.165, 1.54) is 0 Å². The lowest BCUT2D eigenvalue weighted by molar-refractivity contribution is 0.423. The minimum Gasteiger partial charge on any atom is -0.357 e. The summed E-state index contributed by atoms with van der Waals surface area (Å²) < 4.78 is 27.4. The number of rotatable bonds is 6. The van der Waals surface area contributed by atoms with Gasteiger partial charge >= 0.3 is 0 Å². The van der Waals surface area contributed by atoms with Crippen LogP contribution < -0.4 is 5.32 Å². The fourth-order valence-corrected chi connectivity index (χ4v) is 5.63. The van der Waals surface area contributed by atoms with Gasteiger partial charge in [0.15, 0.2) is 5.13 Å². The van der Waals surface area contributed by atoms with Gasteiger partial charge in [0, 0.05) is 43.0 Å². The molecule has 6 nitrogen and oxygen atoms in total. The van der Waals surface area contributed by atoms with Crippen molar-refractivity contribution in [2.75, 3.05) is 18.4 Å². The Kier molecular flexibility index (Phi) is 6.22. The Labute approximate surface area is 175 Å². The second-order valence-corrected chi connectivity index (χ2v) is 9.89. The zero-order valence-electron chi connectivity index (χ0n) is 16.1. The van der Waals surface area contributed by atoms with E-state index in [4.69, 9.17) is 0 Å². The van der Waals surface area contributed by atoms with Crippen LogP contribution >= 0.6 is 11.3 Å². The molecule has 1 aromatic carbocycles. The van der Waals surface area contributed by atoms with E-state index in [0.29, 0.717) is 24.5 Å². The van der Waals surface area contributed by atoms with Gasteiger partial charge in [-0.1, -0.05) is 25.0 Å². The van der Waals surface area contributed by atoms with Crippen LogP contribution in [0.1, 0.15) is 31.2 Å². The zero-order valence-corrected chi connectivity index (χ0v) is 17.8. The third-order valence-corrected chi connectivity index (χ3v) is 7.76. The van der Waals surface area contributed by atoms with E-state index in [0.717, 1.165) is 47.6 Å². The molecule has 3 aromatic rings. The van der Waals surface area contributed by atoms with Gasteiger partial charge in [-0.05, 0) is 42.7 Å². The molecule has 0 bridgehead atoms. The molecule has 1 aliphatic heterocycles. The van der Waals surface area contributed by atoms with Crippen molar-refractivity contribution in [2.24, 2.45) is 0 Å². The smallest absolute Gasteiger partial charge is 0.243 e. The number of nitrogens with zero attached hydrogens (tertiary/aromatic N) is 3. The Balaban J connectivity index is 1.39. The summed E-state index contributed by atoms with van der Waals surface area (Å²) in [5.74, 6) is 0. The molecule has 0 unspecified atom stereocenters. The summed E-state index contributed by atoms with van der Waals surface area (Å²) in [7, 11) is -3.40. The highest BCUT2D eigenvalue weighted by molar-refractivity contribution is 7.89. The Morgan fingerprint density at radius 2 is 1.66 bits per heavy atom. The molecule has 0 amide bonds. The minimum absolute atomic E-state index is 0.373. The first kappa shape index (κ1) is 20.0. The molecule has 2 aromatic heterocycles. The monoisotopic (exact) mass is 428 g/mol. The molecule has 8 heteroatoms. The maximum atomic E-state index is 12.9. The number of hydrogen-bond donors (Lipinski definition) is 1. The van der Waals surface area contributed by atoms with Gasteiger partial charge in [0.25, 0.3) is 0 Å². The largest absolute Gasteiger partial charge is 0.357 e. The molecule has 0 saturated carbocycles. The molecule has 0 aliphatic carbocycles. The molecule has 1 N–H and O–H groups in total. The van der Waals surface area contributed by atoms with E-state index in [1.54, 1.807) is 40.2 Å². The van der Waals surface area contributed by atoms with E-state index in [-0.39, 0.29) is 0 Å². The fraction of sp³-hybridized carbons (Fsp3) is 0.333. The van der Waals surface area contributed by atoms with Crippen LogP contribution in [-0.4, -0.2) is 35.8 Å². The van der Waals surface area contributed by atoms with Crippen molar-refractivity contribution in [1.29, 1.82) is 0 Å². The SMILES string of the molecule is O=S(=O)(c1ccc(CNc2nc(-c3ccncc3)cs2)cc1)N1CCCCCC1. The van der Waals surface area contributed by atoms with Gasteiger partial charge in [-0.2, -0.15) is 4.31 Å². The molecule has 0 radical (unpaired) electrons. The maximum Gasteiger partial charge on any atom is 0.243 e. The van der Waals surface area contributed by atoms with Crippen molar-refractivity contribution in [3.8, 4) is 11.3 Å². The highest BCUT2D eigenvalue weighted by atomic mass is 32.2. The second-order valence-electron chi connectivity index (χ2n) is 7.09. The zero-order chi connectivity index (χ0) is 20.1. The molecule has 0 spiro atoms. The lowest BCUT2D eigenvalue weighted by atomic mass is 10.2. The molecule has 1 aliphatic rings. The molecule has 4 rings (SSSR count). The van der Waals surface area contributed by atoms with E-state index < -0.39 is 10.0 Å². The van der Waals surface area contributed by atoms with Crippen LogP contribution in [0.4, 0.5) is 5.13 Å². The molecule has 1 saturated heterocycles. The maximum absolute atomic E-state index is 12.9. The Morgan fingerprint density at radius 3 is 2.34 bits per heavy atom. The minimum atomic E-state index is -3.40. The van der Waals surface area contributed by atoms with Crippen LogP contribution in [0.3, 0.4) is 0 Å². The number of nitrogens with one attached hydrogen (secondary N) is 1. The first-order valence-electron chi connectivity index (χ1n) is 9.82. The van der Waals surface area contributed by atoms with Gasteiger partial charge in [0.2, 0.25) is 10.0 Å². The number of sulfonamides is 1. The number of aromatic nitrogens is 2. The molecule has 29 heavy (non-hydrogen) atoms. The number of thiazole rings is 1. The molecular formula is C21H24N4O2S2. The molecule has 3 heterocycles. The molecular weight excluding hydrogens is 404 g/mol. The van der Waals surface area contributed by atoms with Gasteiger partial charge in [-0.3, -0.25) is 4.98 Å². The fourth-order valence-electron chi connectivity index (χ4n) is 3.40. The topological polar surface area (TPSA) is 75.2 Å². The Morgan fingerprint density at radius 1 is 0.966 bits per heavy atom. The number of benzene rings is 1. The van der Waals surface area contributed by atoms with Gasteiger partial charge in [-0.25, -0.2) is 13.4 Å². The van der Waals surface area contributed by atoms with Crippen molar-refractivity contribution in [3.05, 3.63) is 59.7 Å². The number of hydrogen-bond acceptors (Lipinski definition) is 6. The predicted molar refractivity (Wildman–Crippen MR) is 116 cm³/mol. The summed E-state index contributed by atoms with van der Waals surface area (Å²) in [6, 6.07) is 11.0. The highest BCUT2D eigenvalue weighted by Crippen LogP contribution is 2.25. The van der Waals surface area contributed by atoms with E-state index in [2.05, 4.69) is 15.3 Å². The summed E-state index contributed by atoms with van der Waals surface area (Å²) in [6.07, 6.45) is 7.60. The van der Waals surface area contributed by atoms with Crippen LogP contribution in [0.5, 0.6) is 0 Å². The average Bonchev–Trinajstić information content (AvgIpc) is 3.05. The van der Waals surface area contributed by atoms with Crippen molar-refractivity contribution in [1.82, 2.24) is 14.3 Å². The van der Waals surface area contributed by atoms with Gasteiger partial charge in [0.05, 0.1) is 10.6 Å². The summed E-state index contributed by atoms with van der Waals surface area (Å²) >= 11 is 1.55. The first-order chi connectivity index (χ1) is 14.1. The highest BCUT2D eigenvalue weighted by Gasteiger charge is 2.24. The number of pyridine rings is 1.